The zero-order chi connectivity index (χ0) is 12.3. The van der Waals surface area contributed by atoms with Crippen molar-refractivity contribution in [3.05, 3.63) is 30.1 Å². The SMILES string of the molecule is CC(C)NCC1CCN(c2cccc(F)c2)C1. The van der Waals surface area contributed by atoms with Crippen LogP contribution < -0.4 is 10.2 Å². The molecule has 1 N–H and O–H groups in total. The molecular formula is C14H21FN2. The fraction of sp³-hybridized carbons (Fsp3) is 0.571. The molecule has 0 bridgehead atoms. The molecule has 0 aliphatic carbocycles. The van der Waals surface area contributed by atoms with Gasteiger partial charge in [0.15, 0.2) is 0 Å². The van der Waals surface area contributed by atoms with Crippen LogP contribution in [0.5, 0.6) is 0 Å². The van der Waals surface area contributed by atoms with Crippen LogP contribution in [0.1, 0.15) is 20.3 Å². The molecule has 2 rings (SSSR count). The van der Waals surface area contributed by atoms with Crippen molar-refractivity contribution in [1.29, 1.82) is 0 Å². The van der Waals surface area contributed by atoms with Crippen LogP contribution in [0.3, 0.4) is 0 Å². The van der Waals surface area contributed by atoms with Gasteiger partial charge in [-0.3, -0.25) is 0 Å². The second-order valence-corrected chi connectivity index (χ2v) is 5.14. The van der Waals surface area contributed by atoms with Crippen molar-refractivity contribution in [1.82, 2.24) is 5.32 Å². The van der Waals surface area contributed by atoms with Crippen molar-refractivity contribution >= 4 is 5.69 Å². The zero-order valence-electron chi connectivity index (χ0n) is 10.6. The number of nitrogens with zero attached hydrogens (tertiary/aromatic N) is 1. The Hall–Kier alpha value is -1.09. The average Bonchev–Trinajstić information content (AvgIpc) is 2.75. The van der Waals surface area contributed by atoms with E-state index < -0.39 is 0 Å². The molecule has 3 heteroatoms. The van der Waals surface area contributed by atoms with Gasteiger partial charge in [0.2, 0.25) is 0 Å². The Morgan fingerprint density at radius 2 is 2.29 bits per heavy atom. The van der Waals surface area contributed by atoms with Gasteiger partial charge in [0.25, 0.3) is 0 Å². The van der Waals surface area contributed by atoms with Crippen LogP contribution in [-0.2, 0) is 0 Å². The third-order valence-corrected chi connectivity index (χ3v) is 3.27. The van der Waals surface area contributed by atoms with Crippen molar-refractivity contribution in [2.45, 2.75) is 26.3 Å². The van der Waals surface area contributed by atoms with Crippen molar-refractivity contribution in [2.75, 3.05) is 24.5 Å². The molecule has 1 aliphatic rings. The molecule has 1 heterocycles. The highest BCUT2D eigenvalue weighted by Crippen LogP contribution is 2.23. The number of halogens is 1. The van der Waals surface area contributed by atoms with Crippen LogP contribution >= 0.6 is 0 Å². The first-order valence-electron chi connectivity index (χ1n) is 6.39. The zero-order valence-corrected chi connectivity index (χ0v) is 10.6. The summed E-state index contributed by atoms with van der Waals surface area (Å²) in [7, 11) is 0. The van der Waals surface area contributed by atoms with Gasteiger partial charge >= 0.3 is 0 Å². The smallest absolute Gasteiger partial charge is 0.125 e. The highest BCUT2D eigenvalue weighted by molar-refractivity contribution is 5.47. The summed E-state index contributed by atoms with van der Waals surface area (Å²) in [6.07, 6.45) is 1.19. The minimum absolute atomic E-state index is 0.147. The summed E-state index contributed by atoms with van der Waals surface area (Å²) in [5.41, 5.74) is 1.01. The van der Waals surface area contributed by atoms with E-state index in [2.05, 4.69) is 24.1 Å². The largest absolute Gasteiger partial charge is 0.371 e. The molecule has 1 unspecified atom stereocenters. The van der Waals surface area contributed by atoms with Gasteiger partial charge < -0.3 is 10.2 Å². The van der Waals surface area contributed by atoms with E-state index in [9.17, 15) is 4.39 Å². The number of benzene rings is 1. The van der Waals surface area contributed by atoms with Crippen LogP contribution in [-0.4, -0.2) is 25.7 Å². The molecule has 1 aromatic rings. The number of hydrogen-bond acceptors (Lipinski definition) is 2. The lowest BCUT2D eigenvalue weighted by Crippen LogP contribution is -2.30. The molecular weight excluding hydrogens is 215 g/mol. The predicted molar refractivity (Wildman–Crippen MR) is 69.9 cm³/mol. The van der Waals surface area contributed by atoms with Crippen LogP contribution in [0.2, 0.25) is 0 Å². The van der Waals surface area contributed by atoms with Crippen LogP contribution in [0.4, 0.5) is 10.1 Å². The molecule has 0 spiro atoms. The minimum Gasteiger partial charge on any atom is -0.371 e. The second-order valence-electron chi connectivity index (χ2n) is 5.14. The Bertz CT molecular complexity index is 365. The molecule has 1 aromatic carbocycles. The Labute approximate surface area is 103 Å². The molecule has 2 nitrogen and oxygen atoms in total. The molecule has 1 aliphatic heterocycles. The molecule has 0 saturated carbocycles. The second kappa shape index (κ2) is 5.50. The van der Waals surface area contributed by atoms with E-state index in [1.807, 2.05) is 6.07 Å². The maximum atomic E-state index is 13.1. The van der Waals surface area contributed by atoms with Crippen molar-refractivity contribution in [3.8, 4) is 0 Å². The molecule has 0 aromatic heterocycles. The summed E-state index contributed by atoms with van der Waals surface area (Å²) in [5, 5.41) is 3.47. The van der Waals surface area contributed by atoms with E-state index in [0.717, 1.165) is 25.3 Å². The lowest BCUT2D eigenvalue weighted by molar-refractivity contribution is 0.480. The highest BCUT2D eigenvalue weighted by atomic mass is 19.1. The van der Waals surface area contributed by atoms with Gasteiger partial charge in [0.05, 0.1) is 0 Å². The normalized spacial score (nSPS) is 20.2. The summed E-state index contributed by atoms with van der Waals surface area (Å²) in [6.45, 7) is 7.46. The Kier molecular flexibility index (Phi) is 4.00. The third-order valence-electron chi connectivity index (χ3n) is 3.27. The Balaban J connectivity index is 1.89. The predicted octanol–water partition coefficient (Wildman–Crippen LogP) is 2.65. The Morgan fingerprint density at radius 3 is 3.00 bits per heavy atom. The summed E-state index contributed by atoms with van der Waals surface area (Å²) in [5.74, 6) is 0.534. The van der Waals surface area contributed by atoms with E-state index in [-0.39, 0.29) is 5.82 Å². The summed E-state index contributed by atoms with van der Waals surface area (Å²) >= 11 is 0. The highest BCUT2D eigenvalue weighted by Gasteiger charge is 2.22. The van der Waals surface area contributed by atoms with Gasteiger partial charge in [-0.25, -0.2) is 4.39 Å². The van der Waals surface area contributed by atoms with Gasteiger partial charge in [-0.2, -0.15) is 0 Å². The van der Waals surface area contributed by atoms with Gasteiger partial charge in [0, 0.05) is 24.8 Å². The number of nitrogens with one attached hydrogen (secondary N) is 1. The van der Waals surface area contributed by atoms with Crippen molar-refractivity contribution in [3.63, 3.8) is 0 Å². The fourth-order valence-corrected chi connectivity index (χ4v) is 2.31. The van der Waals surface area contributed by atoms with Gasteiger partial charge in [-0.15, -0.1) is 0 Å². The van der Waals surface area contributed by atoms with Gasteiger partial charge in [-0.1, -0.05) is 19.9 Å². The Morgan fingerprint density at radius 1 is 1.47 bits per heavy atom. The maximum Gasteiger partial charge on any atom is 0.125 e. The monoisotopic (exact) mass is 236 g/mol. The van der Waals surface area contributed by atoms with E-state index >= 15 is 0 Å². The molecule has 17 heavy (non-hydrogen) atoms. The van der Waals surface area contributed by atoms with Gasteiger partial charge in [0.1, 0.15) is 5.82 Å². The number of anilines is 1. The lowest BCUT2D eigenvalue weighted by Gasteiger charge is -2.19. The standard InChI is InChI=1S/C14H21FN2/c1-11(2)16-9-12-6-7-17(10-12)14-5-3-4-13(15)8-14/h3-5,8,11-12,16H,6-7,9-10H2,1-2H3. The van der Waals surface area contributed by atoms with Crippen LogP contribution in [0.15, 0.2) is 24.3 Å². The van der Waals surface area contributed by atoms with Crippen molar-refractivity contribution in [2.24, 2.45) is 5.92 Å². The third kappa shape index (κ3) is 3.43. The molecule has 1 saturated heterocycles. The van der Waals surface area contributed by atoms with E-state index in [4.69, 9.17) is 0 Å². The minimum atomic E-state index is -0.147. The molecule has 0 amide bonds. The average molecular weight is 236 g/mol. The summed E-state index contributed by atoms with van der Waals surface area (Å²) in [4.78, 5) is 2.27. The molecule has 0 radical (unpaired) electrons. The molecule has 1 fully saturated rings. The van der Waals surface area contributed by atoms with Crippen LogP contribution in [0, 0.1) is 11.7 Å². The first kappa shape index (κ1) is 12.4. The maximum absolute atomic E-state index is 13.1. The lowest BCUT2D eigenvalue weighted by atomic mass is 10.1. The fourth-order valence-electron chi connectivity index (χ4n) is 2.31. The van der Waals surface area contributed by atoms with Crippen molar-refractivity contribution < 1.29 is 4.39 Å². The van der Waals surface area contributed by atoms with E-state index in [0.29, 0.717) is 12.0 Å². The molecule has 94 valence electrons. The van der Waals surface area contributed by atoms with Crippen LogP contribution in [0.25, 0.3) is 0 Å². The van der Waals surface area contributed by atoms with E-state index in [1.165, 1.54) is 12.5 Å². The first-order valence-corrected chi connectivity index (χ1v) is 6.39. The number of hydrogen-bond donors (Lipinski definition) is 1. The topological polar surface area (TPSA) is 15.3 Å². The summed E-state index contributed by atoms with van der Waals surface area (Å²) in [6, 6.07) is 7.43. The van der Waals surface area contributed by atoms with Gasteiger partial charge in [-0.05, 0) is 37.1 Å². The quantitative estimate of drug-likeness (QED) is 0.864. The molecule has 1 atom stereocenters. The first-order chi connectivity index (χ1) is 8.15. The number of rotatable bonds is 4. The summed E-state index contributed by atoms with van der Waals surface area (Å²) < 4.78 is 13.1. The van der Waals surface area contributed by atoms with E-state index in [1.54, 1.807) is 12.1 Å².